The molecule has 15 heavy (non-hydrogen) atoms. The lowest BCUT2D eigenvalue weighted by Gasteiger charge is -2.15. The van der Waals surface area contributed by atoms with Crippen LogP contribution in [0.4, 0.5) is 11.4 Å². The Labute approximate surface area is 103 Å². The van der Waals surface area contributed by atoms with Gasteiger partial charge in [0.1, 0.15) is 0 Å². The molecule has 0 atom stereocenters. The summed E-state index contributed by atoms with van der Waals surface area (Å²) in [6.07, 6.45) is 2.25. The van der Waals surface area contributed by atoms with E-state index in [1.165, 1.54) is 0 Å². The number of aliphatic hydroxyl groups excluding tert-OH is 1. The highest BCUT2D eigenvalue weighted by Crippen LogP contribution is 2.45. The molecule has 1 aliphatic carbocycles. The van der Waals surface area contributed by atoms with Gasteiger partial charge < -0.3 is 16.2 Å². The minimum absolute atomic E-state index is 0.143. The largest absolute Gasteiger partial charge is 0.399 e. The SMILES string of the molecule is Nc1ccc(NCC2(CO)CC2)c(I)c1. The van der Waals surface area contributed by atoms with Crippen molar-refractivity contribution in [1.82, 2.24) is 0 Å². The third kappa shape index (κ3) is 2.55. The van der Waals surface area contributed by atoms with Gasteiger partial charge in [-0.25, -0.2) is 0 Å². The monoisotopic (exact) mass is 318 g/mol. The van der Waals surface area contributed by atoms with E-state index in [2.05, 4.69) is 27.9 Å². The fourth-order valence-electron chi connectivity index (χ4n) is 1.53. The maximum absolute atomic E-state index is 9.19. The number of nitrogens with one attached hydrogen (secondary N) is 1. The van der Waals surface area contributed by atoms with Crippen molar-refractivity contribution in [2.24, 2.45) is 5.41 Å². The zero-order chi connectivity index (χ0) is 10.9. The van der Waals surface area contributed by atoms with Crippen LogP contribution in [0.5, 0.6) is 0 Å². The van der Waals surface area contributed by atoms with Gasteiger partial charge in [0.2, 0.25) is 0 Å². The van der Waals surface area contributed by atoms with Crippen molar-refractivity contribution in [3.8, 4) is 0 Å². The maximum Gasteiger partial charge on any atom is 0.0504 e. The highest BCUT2D eigenvalue weighted by Gasteiger charge is 2.41. The molecule has 1 aliphatic rings. The van der Waals surface area contributed by atoms with Gasteiger partial charge in [-0.1, -0.05) is 0 Å². The smallest absolute Gasteiger partial charge is 0.0504 e. The Kier molecular flexibility index (Phi) is 3.06. The average Bonchev–Trinajstić information content (AvgIpc) is 2.97. The number of benzene rings is 1. The highest BCUT2D eigenvalue weighted by molar-refractivity contribution is 14.1. The van der Waals surface area contributed by atoms with Crippen molar-refractivity contribution < 1.29 is 5.11 Å². The molecule has 2 rings (SSSR count). The van der Waals surface area contributed by atoms with E-state index in [4.69, 9.17) is 5.73 Å². The summed E-state index contributed by atoms with van der Waals surface area (Å²) in [5.74, 6) is 0. The Bertz CT molecular complexity index is 364. The highest BCUT2D eigenvalue weighted by atomic mass is 127. The van der Waals surface area contributed by atoms with Crippen molar-refractivity contribution in [2.45, 2.75) is 12.8 Å². The Morgan fingerprint density at radius 1 is 1.47 bits per heavy atom. The minimum atomic E-state index is 0.143. The molecule has 0 aromatic heterocycles. The van der Waals surface area contributed by atoms with E-state index in [0.29, 0.717) is 0 Å². The molecule has 0 bridgehead atoms. The van der Waals surface area contributed by atoms with Gasteiger partial charge in [0.05, 0.1) is 6.61 Å². The number of rotatable bonds is 4. The molecule has 0 heterocycles. The number of aliphatic hydroxyl groups is 1. The number of hydrogen-bond acceptors (Lipinski definition) is 3. The number of nitrogens with two attached hydrogens (primary N) is 1. The summed E-state index contributed by atoms with van der Waals surface area (Å²) in [4.78, 5) is 0. The van der Waals surface area contributed by atoms with Crippen molar-refractivity contribution in [2.75, 3.05) is 24.2 Å². The summed E-state index contributed by atoms with van der Waals surface area (Å²) in [6, 6.07) is 5.83. The first-order chi connectivity index (χ1) is 7.15. The van der Waals surface area contributed by atoms with Crippen LogP contribution in [0.2, 0.25) is 0 Å². The van der Waals surface area contributed by atoms with Gasteiger partial charge >= 0.3 is 0 Å². The van der Waals surface area contributed by atoms with Crippen LogP contribution >= 0.6 is 22.6 Å². The van der Waals surface area contributed by atoms with Gasteiger partial charge in [0.25, 0.3) is 0 Å². The zero-order valence-electron chi connectivity index (χ0n) is 8.46. The Balaban J connectivity index is 1.99. The lowest BCUT2D eigenvalue weighted by molar-refractivity contribution is 0.220. The Morgan fingerprint density at radius 2 is 2.20 bits per heavy atom. The van der Waals surface area contributed by atoms with E-state index < -0.39 is 0 Å². The van der Waals surface area contributed by atoms with Gasteiger partial charge in [-0.15, -0.1) is 0 Å². The molecule has 0 saturated heterocycles. The van der Waals surface area contributed by atoms with E-state index in [-0.39, 0.29) is 12.0 Å². The topological polar surface area (TPSA) is 58.3 Å². The third-order valence-electron chi connectivity index (χ3n) is 2.94. The molecule has 1 saturated carbocycles. The lowest BCUT2D eigenvalue weighted by Crippen LogP contribution is -2.19. The van der Waals surface area contributed by atoms with E-state index in [0.717, 1.165) is 34.3 Å². The van der Waals surface area contributed by atoms with Gasteiger partial charge in [-0.3, -0.25) is 0 Å². The second-order valence-corrected chi connectivity index (χ2v) is 5.41. The first-order valence-corrected chi connectivity index (χ1v) is 6.13. The van der Waals surface area contributed by atoms with Crippen molar-refractivity contribution >= 4 is 34.0 Å². The van der Waals surface area contributed by atoms with Crippen molar-refractivity contribution in [3.63, 3.8) is 0 Å². The van der Waals surface area contributed by atoms with Crippen LogP contribution in [0.3, 0.4) is 0 Å². The molecule has 0 radical (unpaired) electrons. The van der Waals surface area contributed by atoms with Crippen LogP contribution in [-0.4, -0.2) is 18.3 Å². The molecular formula is C11H15IN2O. The number of halogens is 1. The molecule has 1 aromatic rings. The van der Waals surface area contributed by atoms with Gasteiger partial charge in [0.15, 0.2) is 0 Å². The normalized spacial score (nSPS) is 17.5. The molecule has 1 aromatic carbocycles. The summed E-state index contributed by atoms with van der Waals surface area (Å²) in [7, 11) is 0. The van der Waals surface area contributed by atoms with Crippen LogP contribution in [0.15, 0.2) is 18.2 Å². The van der Waals surface area contributed by atoms with Gasteiger partial charge in [-0.05, 0) is 53.6 Å². The van der Waals surface area contributed by atoms with Crippen LogP contribution in [0.25, 0.3) is 0 Å². The van der Waals surface area contributed by atoms with Crippen molar-refractivity contribution in [3.05, 3.63) is 21.8 Å². The zero-order valence-corrected chi connectivity index (χ0v) is 10.6. The standard InChI is InChI=1S/C11H15IN2O/c12-9-5-8(13)1-2-10(9)14-6-11(7-15)3-4-11/h1-2,5,14-15H,3-4,6-7,13H2. The van der Waals surface area contributed by atoms with E-state index >= 15 is 0 Å². The first-order valence-electron chi connectivity index (χ1n) is 5.05. The summed E-state index contributed by atoms with van der Waals surface area (Å²) in [6.45, 7) is 1.13. The predicted octanol–water partition coefficient (Wildman–Crippen LogP) is 2.06. The summed E-state index contributed by atoms with van der Waals surface area (Å²) in [5, 5.41) is 12.6. The third-order valence-corrected chi connectivity index (χ3v) is 3.83. The maximum atomic E-state index is 9.19. The summed E-state index contributed by atoms with van der Waals surface area (Å²) >= 11 is 2.27. The predicted molar refractivity (Wildman–Crippen MR) is 70.8 cm³/mol. The molecule has 0 amide bonds. The fraction of sp³-hybridized carbons (Fsp3) is 0.455. The first kappa shape index (κ1) is 11.0. The number of nitrogen functional groups attached to an aromatic ring is 1. The molecule has 3 nitrogen and oxygen atoms in total. The molecule has 4 N–H and O–H groups in total. The lowest BCUT2D eigenvalue weighted by atomic mass is 10.1. The minimum Gasteiger partial charge on any atom is -0.399 e. The van der Waals surface area contributed by atoms with Gasteiger partial charge in [-0.2, -0.15) is 0 Å². The molecule has 82 valence electrons. The number of hydrogen-bond donors (Lipinski definition) is 3. The quantitative estimate of drug-likeness (QED) is 0.588. The summed E-state index contributed by atoms with van der Waals surface area (Å²) in [5.41, 5.74) is 7.71. The number of anilines is 2. The van der Waals surface area contributed by atoms with Crippen LogP contribution in [0.1, 0.15) is 12.8 Å². The molecule has 4 heteroatoms. The fourth-order valence-corrected chi connectivity index (χ4v) is 2.26. The second kappa shape index (κ2) is 4.17. The van der Waals surface area contributed by atoms with E-state index in [1.807, 2.05) is 18.2 Å². The van der Waals surface area contributed by atoms with Crippen LogP contribution in [0, 0.1) is 8.99 Å². The van der Waals surface area contributed by atoms with Gasteiger partial charge in [0, 0.05) is 26.9 Å². The average molecular weight is 318 g/mol. The molecule has 1 fully saturated rings. The van der Waals surface area contributed by atoms with Crippen molar-refractivity contribution in [1.29, 1.82) is 0 Å². The Hall–Kier alpha value is -0.490. The second-order valence-electron chi connectivity index (χ2n) is 4.25. The van der Waals surface area contributed by atoms with Crippen LogP contribution < -0.4 is 11.1 Å². The summed E-state index contributed by atoms with van der Waals surface area (Å²) < 4.78 is 1.13. The van der Waals surface area contributed by atoms with Crippen LogP contribution in [-0.2, 0) is 0 Å². The molecular weight excluding hydrogens is 303 g/mol. The molecule has 0 spiro atoms. The Morgan fingerprint density at radius 3 is 2.73 bits per heavy atom. The van der Waals surface area contributed by atoms with E-state index in [9.17, 15) is 5.11 Å². The van der Waals surface area contributed by atoms with E-state index in [1.54, 1.807) is 0 Å². The molecule has 0 unspecified atom stereocenters. The molecule has 0 aliphatic heterocycles.